The Hall–Kier alpha value is -2.05. The van der Waals surface area contributed by atoms with E-state index in [9.17, 15) is 8.42 Å². The van der Waals surface area contributed by atoms with E-state index in [4.69, 9.17) is 9.47 Å². The van der Waals surface area contributed by atoms with E-state index < -0.39 is 15.1 Å². The Balaban J connectivity index is 2.48. The number of para-hydroxylation sites is 1. The molecule has 5 nitrogen and oxygen atoms in total. The third-order valence-electron chi connectivity index (χ3n) is 3.51. The van der Waals surface area contributed by atoms with Crippen molar-refractivity contribution in [2.24, 2.45) is 0 Å². The van der Waals surface area contributed by atoms with E-state index in [0.29, 0.717) is 17.1 Å². The van der Waals surface area contributed by atoms with E-state index in [1.54, 1.807) is 42.5 Å². The van der Waals surface area contributed by atoms with E-state index in [0.717, 1.165) is 0 Å². The van der Waals surface area contributed by atoms with Gasteiger partial charge in [0.1, 0.15) is 16.7 Å². The van der Waals surface area contributed by atoms with Gasteiger partial charge in [0.25, 0.3) is 0 Å². The van der Waals surface area contributed by atoms with Crippen molar-refractivity contribution in [1.29, 1.82) is 0 Å². The summed E-state index contributed by atoms with van der Waals surface area (Å²) in [6.07, 6.45) is 0. The fourth-order valence-electron chi connectivity index (χ4n) is 2.34. The van der Waals surface area contributed by atoms with Gasteiger partial charge in [-0.3, -0.25) is 0 Å². The van der Waals surface area contributed by atoms with Crippen LogP contribution in [0.2, 0.25) is 0 Å². The first-order valence-electron chi connectivity index (χ1n) is 6.84. The van der Waals surface area contributed by atoms with Crippen LogP contribution in [0.1, 0.15) is 10.8 Å². The summed E-state index contributed by atoms with van der Waals surface area (Å²) in [5.41, 5.74) is 4.43. The van der Waals surface area contributed by atoms with Gasteiger partial charge in [-0.1, -0.05) is 18.2 Å². The second-order valence-corrected chi connectivity index (χ2v) is 6.87. The zero-order valence-corrected chi connectivity index (χ0v) is 13.5. The number of sulfone groups is 1. The molecule has 0 saturated carbocycles. The quantitative estimate of drug-likeness (QED) is 0.873. The summed E-state index contributed by atoms with van der Waals surface area (Å²) in [5, 5.41) is -0.753. The maximum absolute atomic E-state index is 12.9. The first-order valence-corrected chi connectivity index (χ1v) is 8.39. The third kappa shape index (κ3) is 3.08. The zero-order chi connectivity index (χ0) is 16.2. The molecule has 0 aliphatic rings. The number of quaternary nitrogens is 1. The lowest BCUT2D eigenvalue weighted by atomic mass is 10.1. The van der Waals surface area contributed by atoms with Crippen molar-refractivity contribution in [1.82, 2.24) is 0 Å². The Labute approximate surface area is 130 Å². The first kappa shape index (κ1) is 16.3. The summed E-state index contributed by atoms with van der Waals surface area (Å²) < 4.78 is 36.1. The molecule has 0 radical (unpaired) electrons. The summed E-state index contributed by atoms with van der Waals surface area (Å²) >= 11 is 0. The molecule has 0 spiro atoms. The van der Waals surface area contributed by atoms with Gasteiger partial charge < -0.3 is 15.2 Å². The highest BCUT2D eigenvalue weighted by atomic mass is 32.2. The molecule has 6 heteroatoms. The highest BCUT2D eigenvalue weighted by Gasteiger charge is 2.31. The average molecular weight is 322 g/mol. The molecule has 0 bridgehead atoms. The summed E-state index contributed by atoms with van der Waals surface area (Å²) in [5.74, 6) is 1.16. The van der Waals surface area contributed by atoms with Crippen molar-refractivity contribution in [3.8, 4) is 11.5 Å². The smallest absolute Gasteiger partial charge is 0.191 e. The molecular formula is C16H20NO4S+. The molecule has 22 heavy (non-hydrogen) atoms. The summed E-state index contributed by atoms with van der Waals surface area (Å²) in [4.78, 5) is 0.243. The molecule has 1 atom stereocenters. The Kier molecular flexibility index (Phi) is 5.05. The molecule has 0 unspecified atom stereocenters. The third-order valence-corrected chi connectivity index (χ3v) is 5.68. The van der Waals surface area contributed by atoms with Gasteiger partial charge in [-0.2, -0.15) is 0 Å². The summed E-state index contributed by atoms with van der Waals surface area (Å²) in [7, 11) is -0.494. The lowest BCUT2D eigenvalue weighted by Crippen LogP contribution is -2.54. The Morgan fingerprint density at radius 1 is 1.00 bits per heavy atom. The fourth-order valence-corrected chi connectivity index (χ4v) is 4.02. The van der Waals surface area contributed by atoms with E-state index >= 15 is 0 Å². The van der Waals surface area contributed by atoms with Gasteiger partial charge in [0, 0.05) is 5.56 Å². The number of benzene rings is 2. The molecular weight excluding hydrogens is 302 g/mol. The zero-order valence-electron chi connectivity index (χ0n) is 12.7. The normalized spacial score (nSPS) is 12.7. The standard InChI is InChI=1S/C16H19NO4S/c1-20-12-7-9-13(10-8-12)22(18,19)16(11-17)14-5-3-4-6-15(14)21-2/h3-10,16H,11,17H2,1-2H3/p+1/t16-/m0/s1. The Morgan fingerprint density at radius 3 is 2.18 bits per heavy atom. The van der Waals surface area contributed by atoms with Crippen LogP contribution in [0.15, 0.2) is 53.4 Å². The molecule has 118 valence electrons. The van der Waals surface area contributed by atoms with Gasteiger partial charge in [0.05, 0.1) is 25.7 Å². The minimum atomic E-state index is -3.56. The van der Waals surface area contributed by atoms with Crippen LogP contribution in [0, 0.1) is 0 Å². The lowest BCUT2D eigenvalue weighted by Gasteiger charge is -2.17. The second-order valence-electron chi connectivity index (χ2n) is 4.74. The molecule has 2 aromatic carbocycles. The van der Waals surface area contributed by atoms with Crippen LogP contribution in [0.3, 0.4) is 0 Å². The van der Waals surface area contributed by atoms with Crippen LogP contribution >= 0.6 is 0 Å². The van der Waals surface area contributed by atoms with E-state index in [1.165, 1.54) is 14.2 Å². The Morgan fingerprint density at radius 2 is 1.64 bits per heavy atom. The van der Waals surface area contributed by atoms with E-state index in [1.807, 2.05) is 6.07 Å². The topological polar surface area (TPSA) is 80.2 Å². The molecule has 0 amide bonds. The van der Waals surface area contributed by atoms with Gasteiger partial charge in [0.2, 0.25) is 0 Å². The first-order chi connectivity index (χ1) is 10.5. The SMILES string of the molecule is COc1ccc(S(=O)(=O)[C@@H](C[NH3+])c2ccccc2OC)cc1. The van der Waals surface area contributed by atoms with Crippen molar-refractivity contribution in [3.05, 3.63) is 54.1 Å². The largest absolute Gasteiger partial charge is 0.497 e. The highest BCUT2D eigenvalue weighted by molar-refractivity contribution is 7.91. The minimum absolute atomic E-state index is 0.217. The summed E-state index contributed by atoms with van der Waals surface area (Å²) in [6, 6.07) is 13.5. The van der Waals surface area contributed by atoms with Gasteiger partial charge in [-0.25, -0.2) is 8.42 Å². The molecule has 0 aromatic heterocycles. The van der Waals surface area contributed by atoms with Gasteiger partial charge in [0.15, 0.2) is 9.84 Å². The maximum atomic E-state index is 12.9. The van der Waals surface area contributed by atoms with Gasteiger partial charge in [-0.05, 0) is 30.3 Å². The van der Waals surface area contributed by atoms with Crippen molar-refractivity contribution in [3.63, 3.8) is 0 Å². The van der Waals surface area contributed by atoms with Crippen LogP contribution < -0.4 is 15.2 Å². The molecule has 0 saturated heterocycles. The van der Waals surface area contributed by atoms with Crippen molar-refractivity contribution >= 4 is 9.84 Å². The van der Waals surface area contributed by atoms with Crippen LogP contribution in [0.5, 0.6) is 11.5 Å². The minimum Gasteiger partial charge on any atom is -0.497 e. The second kappa shape index (κ2) is 6.81. The molecule has 2 aromatic rings. The monoisotopic (exact) mass is 322 g/mol. The molecule has 2 rings (SSSR count). The summed E-state index contributed by atoms with van der Waals surface area (Å²) in [6.45, 7) is 0.217. The average Bonchev–Trinajstić information content (AvgIpc) is 2.55. The van der Waals surface area contributed by atoms with Crippen LogP contribution in [-0.4, -0.2) is 29.2 Å². The molecule has 0 aliphatic carbocycles. The molecule has 3 N–H and O–H groups in total. The van der Waals surface area contributed by atoms with Gasteiger partial charge >= 0.3 is 0 Å². The number of ether oxygens (including phenoxy) is 2. The van der Waals surface area contributed by atoms with Crippen molar-refractivity contribution < 1.29 is 23.6 Å². The van der Waals surface area contributed by atoms with Crippen molar-refractivity contribution in [2.75, 3.05) is 20.8 Å². The van der Waals surface area contributed by atoms with Crippen LogP contribution in [-0.2, 0) is 9.84 Å². The Bertz CT molecular complexity index is 726. The number of methoxy groups -OCH3 is 2. The van der Waals surface area contributed by atoms with Crippen LogP contribution in [0.25, 0.3) is 0 Å². The molecule has 0 fully saturated rings. The van der Waals surface area contributed by atoms with E-state index in [-0.39, 0.29) is 11.4 Å². The lowest BCUT2D eigenvalue weighted by molar-refractivity contribution is -0.367. The predicted octanol–water partition coefficient (Wildman–Crippen LogP) is 1.46. The number of hydrogen-bond acceptors (Lipinski definition) is 4. The molecule has 0 heterocycles. The van der Waals surface area contributed by atoms with Gasteiger partial charge in [-0.15, -0.1) is 0 Å². The highest BCUT2D eigenvalue weighted by Crippen LogP contribution is 2.33. The molecule has 0 aliphatic heterocycles. The van der Waals surface area contributed by atoms with Crippen LogP contribution in [0.4, 0.5) is 0 Å². The maximum Gasteiger partial charge on any atom is 0.191 e. The predicted molar refractivity (Wildman–Crippen MR) is 83.7 cm³/mol. The fraction of sp³-hybridized carbons (Fsp3) is 0.250. The number of rotatable bonds is 6. The van der Waals surface area contributed by atoms with Crippen molar-refractivity contribution in [2.45, 2.75) is 10.1 Å². The van der Waals surface area contributed by atoms with E-state index in [2.05, 4.69) is 5.73 Å². The number of hydrogen-bond donors (Lipinski definition) is 1.